The molecule has 0 radical (unpaired) electrons. The second kappa shape index (κ2) is 13.9. The maximum absolute atomic E-state index is 14.6. The molecule has 0 fully saturated rings. The number of carbonyl (C=O) groups is 2. The first kappa shape index (κ1) is 30.6. The lowest BCUT2D eigenvalue weighted by atomic mass is 10.1. The van der Waals surface area contributed by atoms with E-state index in [9.17, 15) is 22.4 Å². The van der Waals surface area contributed by atoms with Gasteiger partial charge in [0.05, 0.1) is 17.7 Å². The zero-order valence-electron chi connectivity index (χ0n) is 23.3. The molecule has 8 nitrogen and oxygen atoms in total. The fraction of sp³-hybridized carbons (Fsp3) is 0.333. The maximum Gasteiger partial charge on any atom is 0.264 e. The van der Waals surface area contributed by atoms with E-state index in [0.29, 0.717) is 12.3 Å². The number of halogens is 1. The SMILES string of the molecule is CCCCNC(=O)[C@@H](C)N(Cc1ccccc1F)C(=O)CN(c1ccc(OC)cc1)S(=O)(=O)c1ccc(C)cc1. The Hall–Kier alpha value is -3.92. The van der Waals surface area contributed by atoms with Crippen molar-refractivity contribution in [1.82, 2.24) is 10.2 Å². The van der Waals surface area contributed by atoms with Crippen LogP contribution in [0.4, 0.5) is 10.1 Å². The second-order valence-corrected chi connectivity index (χ2v) is 11.3. The lowest BCUT2D eigenvalue weighted by molar-refractivity contribution is -0.139. The van der Waals surface area contributed by atoms with Crippen LogP contribution in [0.1, 0.15) is 37.8 Å². The van der Waals surface area contributed by atoms with Gasteiger partial charge in [0.2, 0.25) is 11.8 Å². The highest BCUT2D eigenvalue weighted by atomic mass is 32.2. The van der Waals surface area contributed by atoms with Crippen LogP contribution in [0.5, 0.6) is 5.75 Å². The van der Waals surface area contributed by atoms with Crippen molar-refractivity contribution in [3.8, 4) is 5.75 Å². The molecule has 40 heavy (non-hydrogen) atoms. The monoisotopic (exact) mass is 569 g/mol. The highest BCUT2D eigenvalue weighted by Gasteiger charge is 2.32. The topological polar surface area (TPSA) is 96.0 Å². The molecule has 0 bridgehead atoms. The fourth-order valence-corrected chi connectivity index (χ4v) is 5.46. The predicted molar refractivity (Wildman–Crippen MR) is 153 cm³/mol. The molecule has 3 rings (SSSR count). The van der Waals surface area contributed by atoms with Gasteiger partial charge in [-0.3, -0.25) is 13.9 Å². The molecule has 0 aliphatic carbocycles. The Morgan fingerprint density at radius 2 is 1.65 bits per heavy atom. The maximum atomic E-state index is 14.6. The minimum absolute atomic E-state index is 0.00716. The number of aryl methyl sites for hydroxylation is 1. The zero-order valence-corrected chi connectivity index (χ0v) is 24.1. The number of carbonyl (C=O) groups excluding carboxylic acids is 2. The van der Waals surface area contributed by atoms with Crippen LogP contribution in [-0.4, -0.2) is 51.4 Å². The van der Waals surface area contributed by atoms with Gasteiger partial charge in [0.25, 0.3) is 10.0 Å². The van der Waals surface area contributed by atoms with Gasteiger partial charge in [-0.25, -0.2) is 12.8 Å². The Labute approximate surface area is 235 Å². The quantitative estimate of drug-likeness (QED) is 0.302. The number of ether oxygens (including phenoxy) is 1. The van der Waals surface area contributed by atoms with Crippen LogP contribution in [0, 0.1) is 12.7 Å². The molecule has 0 unspecified atom stereocenters. The Kier molecular flexibility index (Phi) is 10.7. The van der Waals surface area contributed by atoms with Crippen molar-refractivity contribution >= 4 is 27.5 Å². The summed E-state index contributed by atoms with van der Waals surface area (Å²) in [4.78, 5) is 28.1. The number of anilines is 1. The van der Waals surface area contributed by atoms with Gasteiger partial charge in [-0.2, -0.15) is 0 Å². The Morgan fingerprint density at radius 1 is 1.00 bits per heavy atom. The van der Waals surface area contributed by atoms with Gasteiger partial charge in [-0.15, -0.1) is 0 Å². The van der Waals surface area contributed by atoms with Crippen molar-refractivity contribution in [3.63, 3.8) is 0 Å². The number of hydrogen-bond acceptors (Lipinski definition) is 5. The first-order valence-electron chi connectivity index (χ1n) is 13.1. The molecular weight excluding hydrogens is 533 g/mol. The van der Waals surface area contributed by atoms with Crippen LogP contribution in [-0.2, 0) is 26.2 Å². The summed E-state index contributed by atoms with van der Waals surface area (Å²) in [6, 6.07) is 17.6. The van der Waals surface area contributed by atoms with E-state index in [1.54, 1.807) is 49.4 Å². The zero-order chi connectivity index (χ0) is 29.3. The van der Waals surface area contributed by atoms with Crippen LogP contribution < -0.4 is 14.4 Å². The number of methoxy groups -OCH3 is 1. The third kappa shape index (κ3) is 7.59. The number of unbranched alkanes of at least 4 members (excludes halogenated alkanes) is 1. The summed E-state index contributed by atoms with van der Waals surface area (Å²) in [5.74, 6) is -1.08. The molecule has 1 N–H and O–H groups in total. The largest absolute Gasteiger partial charge is 0.497 e. The minimum atomic E-state index is -4.19. The number of hydrogen-bond donors (Lipinski definition) is 1. The van der Waals surface area contributed by atoms with Crippen LogP contribution in [0.25, 0.3) is 0 Å². The third-order valence-corrected chi connectivity index (χ3v) is 8.33. The number of rotatable bonds is 13. The van der Waals surface area contributed by atoms with E-state index >= 15 is 0 Å². The molecule has 3 aromatic rings. The molecule has 0 aliphatic heterocycles. The molecule has 10 heteroatoms. The first-order valence-corrected chi connectivity index (χ1v) is 14.6. The summed E-state index contributed by atoms with van der Waals surface area (Å²) in [6.45, 7) is 4.99. The lowest BCUT2D eigenvalue weighted by Gasteiger charge is -2.32. The molecule has 0 saturated heterocycles. The molecule has 0 aromatic heterocycles. The van der Waals surface area contributed by atoms with E-state index < -0.39 is 40.2 Å². The van der Waals surface area contributed by atoms with Crippen molar-refractivity contribution in [3.05, 3.63) is 89.7 Å². The van der Waals surface area contributed by atoms with Gasteiger partial charge < -0.3 is 15.0 Å². The normalized spacial score (nSPS) is 11.9. The summed E-state index contributed by atoms with van der Waals surface area (Å²) < 4.78 is 48.5. The molecule has 3 aromatic carbocycles. The van der Waals surface area contributed by atoms with Crippen LogP contribution in [0.2, 0.25) is 0 Å². The Bertz CT molecular complexity index is 1400. The summed E-state index contributed by atoms with van der Waals surface area (Å²) in [5.41, 5.74) is 1.33. The smallest absolute Gasteiger partial charge is 0.264 e. The van der Waals surface area contributed by atoms with E-state index in [1.807, 2.05) is 13.8 Å². The average molecular weight is 570 g/mol. The second-order valence-electron chi connectivity index (χ2n) is 9.46. The predicted octanol–water partition coefficient (Wildman–Crippen LogP) is 4.67. The average Bonchev–Trinajstić information content (AvgIpc) is 2.95. The molecule has 1 atom stereocenters. The Balaban J connectivity index is 2.01. The number of sulfonamides is 1. The molecular formula is C30H36FN3O5S. The van der Waals surface area contributed by atoms with E-state index in [0.717, 1.165) is 22.7 Å². The van der Waals surface area contributed by atoms with Gasteiger partial charge in [0.1, 0.15) is 24.2 Å². The number of benzene rings is 3. The van der Waals surface area contributed by atoms with Crippen LogP contribution in [0.15, 0.2) is 77.7 Å². The first-order chi connectivity index (χ1) is 19.1. The van der Waals surface area contributed by atoms with Crippen LogP contribution in [0.3, 0.4) is 0 Å². The lowest BCUT2D eigenvalue weighted by Crippen LogP contribution is -2.51. The summed E-state index contributed by atoms with van der Waals surface area (Å²) in [7, 11) is -2.70. The summed E-state index contributed by atoms with van der Waals surface area (Å²) in [6.07, 6.45) is 1.64. The van der Waals surface area contributed by atoms with E-state index in [1.165, 1.54) is 42.3 Å². The molecule has 0 saturated carbocycles. The van der Waals surface area contributed by atoms with Crippen molar-refractivity contribution < 1.29 is 27.1 Å². The van der Waals surface area contributed by atoms with Crippen LogP contribution >= 0.6 is 0 Å². The number of nitrogens with zero attached hydrogens (tertiary/aromatic N) is 2. The molecule has 0 heterocycles. The van der Waals surface area contributed by atoms with Gasteiger partial charge in [0, 0.05) is 18.7 Å². The summed E-state index contributed by atoms with van der Waals surface area (Å²) >= 11 is 0. The van der Waals surface area contributed by atoms with Crippen molar-refractivity contribution in [2.45, 2.75) is 51.1 Å². The molecule has 2 amide bonds. The van der Waals surface area contributed by atoms with Gasteiger partial charge in [-0.1, -0.05) is 49.2 Å². The van der Waals surface area contributed by atoms with E-state index in [4.69, 9.17) is 4.74 Å². The highest BCUT2D eigenvalue weighted by molar-refractivity contribution is 7.92. The Morgan fingerprint density at radius 3 is 2.25 bits per heavy atom. The minimum Gasteiger partial charge on any atom is -0.497 e. The standard InChI is InChI=1S/C30H36FN3O5S/c1-5-6-19-32-30(36)23(3)33(20-24-9-7-8-10-28(24)31)29(35)21-34(25-13-15-26(39-4)16-14-25)40(37,38)27-17-11-22(2)12-18-27/h7-18,23H,5-6,19-21H2,1-4H3,(H,32,36)/t23-/m1/s1. The van der Waals surface area contributed by atoms with E-state index in [-0.39, 0.29) is 22.7 Å². The fourth-order valence-electron chi connectivity index (χ4n) is 4.04. The van der Waals surface area contributed by atoms with Gasteiger partial charge in [-0.05, 0) is 62.7 Å². The number of nitrogens with one attached hydrogen (secondary N) is 1. The number of amides is 2. The van der Waals surface area contributed by atoms with Crippen molar-refractivity contribution in [2.75, 3.05) is 24.5 Å². The van der Waals surface area contributed by atoms with E-state index in [2.05, 4.69) is 5.32 Å². The van der Waals surface area contributed by atoms with Gasteiger partial charge >= 0.3 is 0 Å². The molecule has 214 valence electrons. The van der Waals surface area contributed by atoms with Crippen molar-refractivity contribution in [2.24, 2.45) is 0 Å². The highest BCUT2D eigenvalue weighted by Crippen LogP contribution is 2.27. The molecule has 0 aliphatic rings. The third-order valence-electron chi connectivity index (χ3n) is 6.54. The summed E-state index contributed by atoms with van der Waals surface area (Å²) in [5, 5.41) is 2.81. The van der Waals surface area contributed by atoms with Gasteiger partial charge in [0.15, 0.2) is 0 Å². The van der Waals surface area contributed by atoms with Crippen molar-refractivity contribution in [1.29, 1.82) is 0 Å². The molecule has 0 spiro atoms.